The fourth-order valence-corrected chi connectivity index (χ4v) is 16.5. The summed E-state index contributed by atoms with van der Waals surface area (Å²) in [5, 5.41) is 13.1. The van der Waals surface area contributed by atoms with Crippen LogP contribution < -0.4 is 40.8 Å². The molecular formula is C60H66N10O9S5+. The van der Waals surface area contributed by atoms with Gasteiger partial charge in [-0.15, -0.1) is 0 Å². The van der Waals surface area contributed by atoms with Crippen LogP contribution in [0.4, 0.5) is 22.7 Å². The maximum Gasteiger partial charge on any atom is 0.417 e. The Labute approximate surface area is 496 Å². The number of thiocarbonyl (C=S) groups is 1. The highest BCUT2D eigenvalue weighted by atomic mass is 32.2. The molecule has 7 N–H and O–H groups in total. The fraction of sp³-hybridized carbons (Fsp3) is 0.233. The highest BCUT2D eigenvalue weighted by molar-refractivity contribution is 7.94. The summed E-state index contributed by atoms with van der Waals surface area (Å²) in [6.45, 7) is 6.86. The minimum atomic E-state index is -5.78. The first kappa shape index (κ1) is 61.2. The van der Waals surface area contributed by atoms with Gasteiger partial charge in [-0.25, -0.2) is 25.3 Å². The summed E-state index contributed by atoms with van der Waals surface area (Å²) >= 11 is 5.77. The molecule has 24 heteroatoms. The van der Waals surface area contributed by atoms with Crippen LogP contribution in [0.2, 0.25) is 0 Å². The highest BCUT2D eigenvalue weighted by Crippen LogP contribution is 2.41. The Hall–Kier alpha value is -7.36. The monoisotopic (exact) mass is 1230 g/mol. The molecule has 0 unspecified atom stereocenters. The van der Waals surface area contributed by atoms with E-state index in [-0.39, 0.29) is 90.6 Å². The number of rotatable bonds is 23. The van der Waals surface area contributed by atoms with Gasteiger partial charge in [0.2, 0.25) is 5.91 Å². The summed E-state index contributed by atoms with van der Waals surface area (Å²) in [6.07, 6.45) is 4.23. The van der Waals surface area contributed by atoms with Crippen molar-refractivity contribution in [3.8, 4) is 0 Å². The second-order valence-electron chi connectivity index (χ2n) is 20.6. The van der Waals surface area contributed by atoms with Crippen LogP contribution in [0.3, 0.4) is 0 Å². The number of nitrogens with two attached hydrogens (primary N) is 1. The molecular weight excluding hydrogens is 1170 g/mol. The van der Waals surface area contributed by atoms with Crippen molar-refractivity contribution in [3.05, 3.63) is 163 Å². The Morgan fingerprint density at radius 2 is 1.33 bits per heavy atom. The molecule has 439 valence electrons. The van der Waals surface area contributed by atoms with Crippen molar-refractivity contribution in [3.63, 3.8) is 0 Å². The van der Waals surface area contributed by atoms with E-state index >= 15 is 33.7 Å². The third-order valence-electron chi connectivity index (χ3n) is 14.1. The number of benzene rings is 8. The number of anilines is 4. The van der Waals surface area contributed by atoms with Gasteiger partial charge in [0.1, 0.15) is 14.3 Å². The lowest BCUT2D eigenvalue weighted by molar-refractivity contribution is -0.120. The predicted octanol–water partition coefficient (Wildman–Crippen LogP) is 10.0. The number of carbonyl (C=O) groups is 1. The molecule has 0 atom stereocenters. The number of fused-ring (bicyclic) bond motifs is 4. The van der Waals surface area contributed by atoms with Crippen molar-refractivity contribution in [2.75, 3.05) is 49.0 Å². The van der Waals surface area contributed by atoms with Gasteiger partial charge < -0.3 is 26.6 Å². The van der Waals surface area contributed by atoms with Crippen LogP contribution >= 0.6 is 12.2 Å². The summed E-state index contributed by atoms with van der Waals surface area (Å²) in [4.78, 5) is 17.9. The van der Waals surface area contributed by atoms with Crippen molar-refractivity contribution in [2.45, 2.75) is 85.4 Å². The molecule has 0 heterocycles. The number of nitrogens with zero attached hydrogens (tertiary/aromatic N) is 4. The number of sulfonamides is 4. The van der Waals surface area contributed by atoms with E-state index in [1.54, 1.807) is 105 Å². The average Bonchev–Trinajstić information content (AvgIpc) is 0.800. The van der Waals surface area contributed by atoms with Gasteiger partial charge in [-0.1, -0.05) is 139 Å². The number of carbonyl (C=O) groups excluding carboxylic acids is 1. The Kier molecular flexibility index (Phi) is 18.0. The first-order chi connectivity index (χ1) is 39.9. The molecule has 0 aliphatic heterocycles. The number of hydrogen-bond donors (Lipinski definition) is 6. The number of nitrogens with one attached hydrogen (secondary N) is 5. The number of hydrazine groups is 4. The quantitative estimate of drug-likeness (QED) is 0.0151. The molecule has 1 radical (unpaired) electrons. The molecule has 19 nitrogen and oxygen atoms in total. The number of hydrogen-bond acceptors (Lipinski definition) is 15. The molecule has 0 aromatic heterocycles. The maximum atomic E-state index is 17.1. The molecule has 8 aromatic rings. The standard InChI is InChI=1S/C60H66N10O9S5/c1-8-10-34-68(65-82(74,75)45-35-42-19-12-13-21-46(42)55(38-45)67(6)7)70(83(76,77)57-33-30-48-49(23-16-25-52(48)63-39(3)4)59(57)43-28-32-56(80)54(36-43)64-58(71)17-9-2)69(66-81(72,73)44-29-26-41-20-15-24-51(61)50(41)37-44)84(78,79)60-47-22-14-11-18-40(47)27-31-53(60)62-5/h11-16,18-31,33,35-39,62-63,65-66H,8-10,17,32,34,61H2,1-7H3,(H,64,71)/q+1. The van der Waals surface area contributed by atoms with Gasteiger partial charge in [0.15, 0.2) is 4.52 Å². The van der Waals surface area contributed by atoms with Crippen molar-refractivity contribution in [2.24, 2.45) is 0 Å². The van der Waals surface area contributed by atoms with E-state index in [0.717, 1.165) is 0 Å². The molecule has 0 saturated carbocycles. The van der Waals surface area contributed by atoms with Crippen molar-refractivity contribution < 1.29 is 38.5 Å². The van der Waals surface area contributed by atoms with E-state index in [1.807, 2.05) is 32.9 Å². The van der Waals surface area contributed by atoms with Gasteiger partial charge in [-0.3, -0.25) is 4.79 Å². The van der Waals surface area contributed by atoms with E-state index < -0.39 is 61.3 Å². The van der Waals surface area contributed by atoms with Crippen molar-refractivity contribution in [1.29, 1.82) is 0 Å². The predicted molar refractivity (Wildman–Crippen MR) is 340 cm³/mol. The zero-order chi connectivity index (χ0) is 60.5. The van der Waals surface area contributed by atoms with E-state index in [9.17, 15) is 4.79 Å². The third-order valence-corrected chi connectivity index (χ3v) is 20.6. The number of unbranched alkanes of at least 4 members (excludes halogenated alkanes) is 1. The topological polar surface area (TPSA) is 255 Å². The van der Waals surface area contributed by atoms with Gasteiger partial charge >= 0.3 is 20.0 Å². The Balaban J connectivity index is 1.40. The minimum Gasteiger partial charge on any atom is -0.398 e. The lowest BCUT2D eigenvalue weighted by atomic mass is 9.92. The number of amides is 1. The van der Waals surface area contributed by atoms with Gasteiger partial charge in [-0.2, -0.15) is 8.42 Å². The lowest BCUT2D eigenvalue weighted by Gasteiger charge is -2.30. The Bertz CT molecular complexity index is 4460. The third kappa shape index (κ3) is 12.3. The number of nitrogen functional groups attached to an aromatic ring is 1. The zero-order valence-electron chi connectivity index (χ0n) is 47.3. The smallest absolute Gasteiger partial charge is 0.398 e. The second kappa shape index (κ2) is 24.7. The van der Waals surface area contributed by atoms with Crippen molar-refractivity contribution in [1.82, 2.24) is 29.1 Å². The van der Waals surface area contributed by atoms with Crippen LogP contribution in [0, 0.1) is 0 Å². The molecule has 1 aliphatic carbocycles. The van der Waals surface area contributed by atoms with Gasteiger partial charge in [0, 0.05) is 94.2 Å². The second-order valence-corrected chi connectivity index (χ2v) is 27.9. The first-order valence-corrected chi connectivity index (χ1v) is 33.4. The normalized spacial score (nSPS) is 13.6. The highest BCUT2D eigenvalue weighted by Gasteiger charge is 2.58. The zero-order valence-corrected chi connectivity index (χ0v) is 51.4. The van der Waals surface area contributed by atoms with Gasteiger partial charge in [-0.05, 0) is 108 Å². The van der Waals surface area contributed by atoms with Crippen LogP contribution in [0.25, 0.3) is 48.7 Å². The fourth-order valence-electron chi connectivity index (χ4n) is 10.1. The van der Waals surface area contributed by atoms with Crippen LogP contribution in [-0.2, 0) is 44.9 Å². The van der Waals surface area contributed by atoms with E-state index in [4.69, 9.17) is 18.0 Å². The summed E-state index contributed by atoms with van der Waals surface area (Å²) < 4.78 is 130. The Morgan fingerprint density at radius 1 is 0.679 bits per heavy atom. The summed E-state index contributed by atoms with van der Waals surface area (Å²) in [5.74, 6) is -0.340. The molecule has 8 aromatic carbocycles. The molecule has 0 spiro atoms. The Morgan fingerprint density at radius 3 is 2.04 bits per heavy atom. The number of allylic oxidation sites excluding steroid dienone is 4. The van der Waals surface area contributed by atoms with Crippen LogP contribution in [0.5, 0.6) is 0 Å². The van der Waals surface area contributed by atoms with E-state index in [1.165, 1.54) is 67.7 Å². The molecule has 0 fully saturated rings. The van der Waals surface area contributed by atoms with Gasteiger partial charge in [0.05, 0.1) is 27.7 Å². The maximum absolute atomic E-state index is 17.1. The summed E-state index contributed by atoms with van der Waals surface area (Å²) in [5.41, 5.74) is 8.01. The summed E-state index contributed by atoms with van der Waals surface area (Å²) in [7, 11) is -16.9. The van der Waals surface area contributed by atoms with E-state index in [2.05, 4.69) is 25.6 Å². The SMILES string of the molecule is CCCCN(NS(=O)(=O)c1cc(N(C)C)c2ccccc2c1)[N+](N(NS(=O)(=O)c1ccc2cccc(N)c2c1)S(=O)(=O)c1c(NC)ccc2ccccc12)S(=O)(=O)c1ccc2c(NC(C)C)cccc2c1C1=CCC(=S)C(NC(=O)CCC)=C1. The molecule has 0 bridgehead atoms. The first-order valence-electron chi connectivity index (χ1n) is 27.1. The van der Waals surface area contributed by atoms with E-state index in [0.29, 0.717) is 60.1 Å². The average molecular weight is 1230 g/mol. The molecule has 0 saturated heterocycles. The molecule has 1 aliphatic rings. The largest absolute Gasteiger partial charge is 0.417 e. The van der Waals surface area contributed by atoms with Crippen LogP contribution in [0.1, 0.15) is 65.4 Å². The van der Waals surface area contributed by atoms with Crippen molar-refractivity contribution >= 4 is 134 Å². The van der Waals surface area contributed by atoms with Crippen LogP contribution in [0.15, 0.2) is 177 Å². The van der Waals surface area contributed by atoms with Gasteiger partial charge in [0.25, 0.3) is 20.0 Å². The molecule has 1 amide bonds. The summed E-state index contributed by atoms with van der Waals surface area (Å²) in [6, 6.07) is 36.0. The molecule has 84 heavy (non-hydrogen) atoms. The van der Waals surface area contributed by atoms with Crippen LogP contribution in [-0.4, -0.2) is 87.8 Å². The lowest BCUT2D eigenvalue weighted by Crippen LogP contribution is -2.70. The molecule has 9 rings (SSSR count). The minimum absolute atomic E-state index is 0.00318.